The fraction of sp³-hybridized carbons (Fsp3) is 0. The molecule has 0 bridgehead atoms. The molecule has 0 fully saturated rings. The monoisotopic (exact) mass is 618 g/mol. The number of fused-ring (bicyclic) bond motifs is 3. The molecule has 0 aliphatic heterocycles. The third-order valence-corrected chi connectivity index (χ3v) is 6.06. The Morgan fingerprint density at radius 1 is 0.317 bits per heavy atom. The molecule has 0 atom stereocenters. The molecule has 0 unspecified atom stereocenters. The van der Waals surface area contributed by atoms with E-state index < -0.39 is 0 Å². The summed E-state index contributed by atoms with van der Waals surface area (Å²) in [7, 11) is 0. The van der Waals surface area contributed by atoms with Crippen molar-refractivity contribution in [2.24, 2.45) is 0 Å². The molecule has 0 amide bonds. The minimum Gasteiger partial charge on any atom is -0.804 e. The molecule has 6 nitrogen and oxygen atoms in total. The van der Waals surface area contributed by atoms with E-state index in [4.69, 9.17) is 0 Å². The molecule has 196 valence electrons. The first kappa shape index (κ1) is 29.0. The Morgan fingerprint density at radius 3 is 0.805 bits per heavy atom. The maximum atomic E-state index is 9.91. The summed E-state index contributed by atoms with van der Waals surface area (Å²) in [6.07, 6.45) is 7.07. The minimum absolute atomic E-state index is 0. The van der Waals surface area contributed by atoms with Gasteiger partial charge in [-0.25, -0.2) is 0 Å². The van der Waals surface area contributed by atoms with Crippen LogP contribution in [-0.2, 0) is 19.5 Å². The predicted molar refractivity (Wildman–Crippen MR) is 162 cm³/mol. The molecule has 2 aromatic carbocycles. The number of hydrogen-bond donors (Lipinski definition) is 0. The van der Waals surface area contributed by atoms with Gasteiger partial charge < -0.3 is 10.8 Å². The molecule has 7 rings (SSSR count). The molecule has 0 N–H and O–H groups in total. The van der Waals surface area contributed by atoms with Crippen molar-refractivity contribution in [1.29, 1.82) is 0 Å². The summed E-state index contributed by atoms with van der Waals surface area (Å²) in [6.45, 7) is 0. The fourth-order valence-corrected chi connectivity index (χ4v) is 4.16. The zero-order valence-electron chi connectivity index (χ0n) is 21.9. The average Bonchev–Trinajstić information content (AvgIpc) is 3.06. The van der Waals surface area contributed by atoms with Crippen LogP contribution in [0.25, 0.3) is 44.7 Å². The van der Waals surface area contributed by atoms with Crippen molar-refractivity contribution in [3.63, 3.8) is 0 Å². The predicted octanol–water partition coefficient (Wildman–Crippen LogP) is 7.37. The van der Waals surface area contributed by atoms with Crippen LogP contribution in [-0.4, -0.2) is 31.4 Å². The van der Waals surface area contributed by atoms with Gasteiger partial charge in [0, 0.05) is 24.8 Å². The van der Waals surface area contributed by atoms with Gasteiger partial charge in [0.05, 0.1) is 22.8 Å². The van der Waals surface area contributed by atoms with Crippen LogP contribution in [0.5, 0.6) is 0 Å². The number of aromatic nitrogens is 4. The average molecular weight is 618 g/mol. The van der Waals surface area contributed by atoms with Gasteiger partial charge >= 0.3 is 19.5 Å². The molecule has 0 spiro atoms. The summed E-state index contributed by atoms with van der Waals surface area (Å²) in [5.41, 5.74) is 6.83. The molecule has 0 radical (unpaired) electrons. The summed E-state index contributed by atoms with van der Waals surface area (Å²) in [6, 6.07) is 38.2. The summed E-state index contributed by atoms with van der Waals surface area (Å²) in [5, 5.41) is 19.8. The van der Waals surface area contributed by atoms with Gasteiger partial charge in [-0.05, 0) is 70.8 Å². The molecule has 4 heterocycles. The Balaban J connectivity index is 0.000000142. The molecule has 0 saturated carbocycles. The van der Waals surface area contributed by atoms with Crippen molar-refractivity contribution in [3.8, 4) is 33.9 Å². The van der Waals surface area contributed by atoms with Crippen LogP contribution in [0, 0.1) is 0 Å². The largest absolute Gasteiger partial charge is 4.00 e. The van der Waals surface area contributed by atoms with Crippen LogP contribution in [0.15, 0.2) is 146 Å². The van der Waals surface area contributed by atoms with Gasteiger partial charge in [0.25, 0.3) is 0 Å². The van der Waals surface area contributed by atoms with Gasteiger partial charge in [0.15, 0.2) is 0 Å². The molecule has 1 aliphatic carbocycles. The van der Waals surface area contributed by atoms with Crippen molar-refractivity contribution in [2.75, 3.05) is 0 Å². The summed E-state index contributed by atoms with van der Waals surface area (Å²) >= 11 is 0. The molecule has 6 aromatic rings. The van der Waals surface area contributed by atoms with Gasteiger partial charge in [-0.15, -0.1) is 0 Å². The second-order valence-electron chi connectivity index (χ2n) is 8.65. The zero-order chi connectivity index (χ0) is 27.6. The molecular weight excluding hydrogens is 593 g/mol. The van der Waals surface area contributed by atoms with E-state index >= 15 is 0 Å². The van der Waals surface area contributed by atoms with E-state index in [0.29, 0.717) is 11.1 Å². The molecule has 1 aliphatic rings. The molecule has 41 heavy (non-hydrogen) atoms. The van der Waals surface area contributed by atoms with Crippen molar-refractivity contribution >= 4 is 11.4 Å². The van der Waals surface area contributed by atoms with E-state index in [1.807, 2.05) is 109 Å². The zero-order valence-corrected chi connectivity index (χ0v) is 23.6. The normalized spacial score (nSPS) is 10.8. The Morgan fingerprint density at radius 2 is 0.561 bits per heavy atom. The van der Waals surface area contributed by atoms with Gasteiger partial charge in [-0.1, -0.05) is 72.8 Å². The van der Waals surface area contributed by atoms with E-state index in [1.165, 1.54) is 0 Å². The molecule has 0 saturated heterocycles. The van der Waals surface area contributed by atoms with Gasteiger partial charge in [-0.2, -0.15) is 11.4 Å². The van der Waals surface area contributed by atoms with Crippen molar-refractivity contribution in [3.05, 3.63) is 168 Å². The van der Waals surface area contributed by atoms with Crippen LogP contribution in [0.4, 0.5) is 0 Å². The second-order valence-corrected chi connectivity index (χ2v) is 8.65. The topological polar surface area (TPSA) is 96.2 Å². The van der Waals surface area contributed by atoms with Crippen molar-refractivity contribution in [2.45, 2.75) is 0 Å². The van der Waals surface area contributed by atoms with Gasteiger partial charge in [-0.3, -0.25) is 19.9 Å². The van der Waals surface area contributed by atoms with Crippen LogP contribution < -0.4 is 0 Å². The molecule has 4 aromatic heterocycles. The van der Waals surface area contributed by atoms with E-state index in [1.54, 1.807) is 36.9 Å². The maximum absolute atomic E-state index is 9.91. The first-order chi connectivity index (χ1) is 19.7. The number of rotatable bonds is 2. The minimum atomic E-state index is -0.0469. The third kappa shape index (κ3) is 7.15. The number of pyridine rings is 4. The molecule has 7 heteroatoms. The first-order valence-electron chi connectivity index (χ1n) is 12.7. The van der Waals surface area contributed by atoms with Crippen LogP contribution in [0.1, 0.15) is 11.1 Å². The summed E-state index contributed by atoms with van der Waals surface area (Å²) in [5.74, 6) is 0. The Kier molecular flexibility index (Phi) is 10.2. The Bertz CT molecular complexity index is 1510. The maximum Gasteiger partial charge on any atom is 4.00 e. The standard InChI is InChI=1S/C14H8N2.2C10H8N2.Ru/c15-13-11-7-3-1-5-9(11)10-6-2-4-8-12(10)14(13)16;2*1-3-7-11-9(5-1)10-6-2-4-8-12-10;/h1-8H;2*1-8H;/q-2;;;+4. The van der Waals surface area contributed by atoms with E-state index in [0.717, 1.165) is 33.9 Å². The molecular formula is C34H24N6Ru+2. The van der Waals surface area contributed by atoms with E-state index in [2.05, 4.69) is 19.9 Å². The Hall–Kier alpha value is -5.00. The van der Waals surface area contributed by atoms with E-state index in [-0.39, 0.29) is 30.9 Å². The summed E-state index contributed by atoms with van der Waals surface area (Å²) in [4.78, 5) is 16.7. The van der Waals surface area contributed by atoms with Gasteiger partial charge in [0.2, 0.25) is 0 Å². The van der Waals surface area contributed by atoms with Crippen LogP contribution >= 0.6 is 0 Å². The van der Waals surface area contributed by atoms with Crippen LogP contribution in [0.3, 0.4) is 0 Å². The van der Waals surface area contributed by atoms with Gasteiger partial charge in [0.1, 0.15) is 0 Å². The number of nitrogens with zero attached hydrogens (tertiary/aromatic N) is 6. The number of hydrogen-bond acceptors (Lipinski definition) is 4. The summed E-state index contributed by atoms with van der Waals surface area (Å²) < 4.78 is 0. The smallest absolute Gasteiger partial charge is 0.804 e. The second kappa shape index (κ2) is 14.4. The number of benzene rings is 2. The van der Waals surface area contributed by atoms with Crippen molar-refractivity contribution < 1.29 is 19.5 Å². The van der Waals surface area contributed by atoms with Crippen LogP contribution in [0.2, 0.25) is 0 Å². The Labute approximate surface area is 252 Å². The quantitative estimate of drug-likeness (QED) is 0.190. The van der Waals surface area contributed by atoms with E-state index in [9.17, 15) is 10.8 Å². The fourth-order valence-electron chi connectivity index (χ4n) is 4.16. The first-order valence-corrected chi connectivity index (χ1v) is 12.7. The third-order valence-electron chi connectivity index (χ3n) is 6.06. The SMILES string of the molecule is [N-]=C1C(=[N-])c2ccccc2-c2ccccc21.[Ru+4].c1ccc(-c2ccccn2)nc1.c1ccc(-c2ccccn2)nc1. The van der Waals surface area contributed by atoms with Crippen molar-refractivity contribution in [1.82, 2.24) is 19.9 Å².